The summed E-state index contributed by atoms with van der Waals surface area (Å²) in [6, 6.07) is 14.2. The number of carbonyl (C=O) groups excluding carboxylic acids is 2. The first-order valence-corrected chi connectivity index (χ1v) is 11.7. The predicted molar refractivity (Wildman–Crippen MR) is 134 cm³/mol. The molecule has 0 aliphatic carbocycles. The van der Waals surface area contributed by atoms with Gasteiger partial charge in [-0.3, -0.25) is 5.32 Å². The summed E-state index contributed by atoms with van der Waals surface area (Å²) in [6.45, 7) is 5.95. The topological polar surface area (TPSA) is 103 Å². The fourth-order valence-corrected chi connectivity index (χ4v) is 3.41. The van der Waals surface area contributed by atoms with Crippen LogP contribution in [-0.2, 0) is 14.3 Å². The summed E-state index contributed by atoms with van der Waals surface area (Å²) in [6.07, 6.45) is 2.04. The van der Waals surface area contributed by atoms with Crippen molar-refractivity contribution in [3.05, 3.63) is 65.7 Å². The fraction of sp³-hybridized carbons (Fsp3) is 0.407. The van der Waals surface area contributed by atoms with E-state index in [9.17, 15) is 9.59 Å². The minimum absolute atomic E-state index is 0.0490. The summed E-state index contributed by atoms with van der Waals surface area (Å²) in [5, 5.41) is 11.7. The quantitative estimate of drug-likeness (QED) is 0.294. The fourth-order valence-electron chi connectivity index (χ4n) is 3.41. The van der Waals surface area contributed by atoms with E-state index in [1.54, 1.807) is 57.4 Å². The molecule has 2 atom stereocenters. The van der Waals surface area contributed by atoms with Gasteiger partial charge in [0.05, 0.1) is 20.3 Å². The first-order chi connectivity index (χ1) is 16.9. The second-order valence-corrected chi connectivity index (χ2v) is 7.98. The number of rotatable bonds is 13. The number of ether oxygens (including phenoxy) is 4. The molecule has 0 fully saturated rings. The lowest BCUT2D eigenvalue weighted by Crippen LogP contribution is -2.22. The number of benzene rings is 2. The van der Waals surface area contributed by atoms with Crippen molar-refractivity contribution in [2.75, 3.05) is 32.2 Å². The molecule has 0 aliphatic rings. The molecule has 0 aliphatic heterocycles. The van der Waals surface area contributed by atoms with Crippen LogP contribution in [0.25, 0.3) is 0 Å². The Kier molecular flexibility index (Phi) is 11.6. The van der Waals surface area contributed by atoms with Gasteiger partial charge in [-0.2, -0.15) is 0 Å². The van der Waals surface area contributed by atoms with Crippen LogP contribution >= 0.6 is 0 Å². The number of aliphatic hydroxyl groups excluding tert-OH is 1. The molecule has 8 nitrogen and oxygen atoms in total. The Morgan fingerprint density at radius 3 is 2.31 bits per heavy atom. The van der Waals surface area contributed by atoms with Crippen LogP contribution in [0, 0.1) is 5.92 Å². The number of hydrogen-bond acceptors (Lipinski definition) is 7. The summed E-state index contributed by atoms with van der Waals surface area (Å²) < 4.78 is 21.4. The molecule has 190 valence electrons. The van der Waals surface area contributed by atoms with Crippen molar-refractivity contribution in [2.24, 2.45) is 5.92 Å². The van der Waals surface area contributed by atoms with E-state index in [4.69, 9.17) is 24.1 Å². The standard InChI is InChI=1S/C27H35NO7/c1-5-33-26(30)20(3)8-6-7-19(2)25(21-9-13-24(14-10-21)34-18-17-29)35-27(31)28-22-11-15-23(32-4)16-12-22/h8-16,19,25,29H,5-7,17-18H2,1-4H3,(H,28,31)/b20-8+/t19-,25+/m0/s1. The molecule has 2 aromatic carbocycles. The normalized spacial score (nSPS) is 12.9. The van der Waals surface area contributed by atoms with Crippen molar-refractivity contribution < 1.29 is 33.6 Å². The van der Waals surface area contributed by atoms with Crippen LogP contribution in [-0.4, -0.2) is 44.1 Å². The van der Waals surface area contributed by atoms with Crippen molar-refractivity contribution in [2.45, 2.75) is 39.7 Å². The van der Waals surface area contributed by atoms with Gasteiger partial charge in [-0.05, 0) is 74.6 Å². The molecule has 1 amide bonds. The average Bonchev–Trinajstić information content (AvgIpc) is 2.86. The van der Waals surface area contributed by atoms with Gasteiger partial charge < -0.3 is 24.1 Å². The van der Waals surface area contributed by atoms with Crippen LogP contribution in [0.4, 0.5) is 10.5 Å². The highest BCUT2D eigenvalue weighted by atomic mass is 16.6. The van der Waals surface area contributed by atoms with E-state index < -0.39 is 12.2 Å². The molecule has 8 heteroatoms. The van der Waals surface area contributed by atoms with Crippen LogP contribution < -0.4 is 14.8 Å². The van der Waals surface area contributed by atoms with E-state index in [1.807, 2.05) is 25.1 Å². The Balaban J connectivity index is 2.12. The van der Waals surface area contributed by atoms with Crippen molar-refractivity contribution in [1.82, 2.24) is 0 Å². The number of anilines is 1. The molecule has 35 heavy (non-hydrogen) atoms. The third-order valence-corrected chi connectivity index (χ3v) is 5.33. The molecule has 0 radical (unpaired) electrons. The molecular weight excluding hydrogens is 450 g/mol. The third-order valence-electron chi connectivity index (χ3n) is 5.33. The van der Waals surface area contributed by atoms with Crippen molar-refractivity contribution in [1.29, 1.82) is 0 Å². The molecule has 0 aromatic heterocycles. The number of allylic oxidation sites excluding steroid dienone is 1. The molecular formula is C27H35NO7. The molecule has 2 aromatic rings. The van der Waals surface area contributed by atoms with Gasteiger partial charge >= 0.3 is 12.1 Å². The van der Waals surface area contributed by atoms with Gasteiger partial charge in [0.15, 0.2) is 0 Å². The van der Waals surface area contributed by atoms with Crippen LogP contribution in [0.5, 0.6) is 11.5 Å². The number of esters is 1. The Morgan fingerprint density at radius 1 is 1.06 bits per heavy atom. The zero-order valence-electron chi connectivity index (χ0n) is 20.8. The Bertz CT molecular complexity index is 954. The van der Waals surface area contributed by atoms with Gasteiger partial charge in [0.2, 0.25) is 0 Å². The Hall–Kier alpha value is -3.52. The first-order valence-electron chi connectivity index (χ1n) is 11.7. The summed E-state index contributed by atoms with van der Waals surface area (Å²) >= 11 is 0. The molecule has 0 bridgehead atoms. The van der Waals surface area contributed by atoms with Gasteiger partial charge in [0, 0.05) is 11.3 Å². The van der Waals surface area contributed by atoms with Crippen LogP contribution in [0.1, 0.15) is 45.3 Å². The minimum atomic E-state index is -0.578. The second kappa shape index (κ2) is 14.7. The van der Waals surface area contributed by atoms with Crippen LogP contribution in [0.3, 0.4) is 0 Å². The molecule has 2 rings (SSSR count). The highest BCUT2D eigenvalue weighted by Crippen LogP contribution is 2.31. The molecule has 0 spiro atoms. The van der Waals surface area contributed by atoms with Gasteiger partial charge in [-0.25, -0.2) is 9.59 Å². The molecule has 0 saturated heterocycles. The number of amides is 1. The van der Waals surface area contributed by atoms with Gasteiger partial charge in [-0.1, -0.05) is 25.1 Å². The maximum absolute atomic E-state index is 12.7. The maximum Gasteiger partial charge on any atom is 0.412 e. The van der Waals surface area contributed by atoms with E-state index in [1.165, 1.54) is 0 Å². The Morgan fingerprint density at radius 2 is 1.71 bits per heavy atom. The summed E-state index contributed by atoms with van der Waals surface area (Å²) in [5.41, 5.74) is 1.95. The number of carbonyl (C=O) groups is 2. The van der Waals surface area contributed by atoms with E-state index in [0.717, 1.165) is 5.56 Å². The van der Waals surface area contributed by atoms with Gasteiger partial charge in [-0.15, -0.1) is 0 Å². The third kappa shape index (κ3) is 9.33. The maximum atomic E-state index is 12.7. The van der Waals surface area contributed by atoms with Crippen molar-refractivity contribution in [3.8, 4) is 11.5 Å². The predicted octanol–water partition coefficient (Wildman–Crippen LogP) is 5.28. The average molecular weight is 486 g/mol. The number of nitrogens with one attached hydrogen (secondary N) is 1. The van der Waals surface area contributed by atoms with Crippen LogP contribution in [0.2, 0.25) is 0 Å². The number of hydrogen-bond donors (Lipinski definition) is 2. The minimum Gasteiger partial charge on any atom is -0.497 e. The highest BCUT2D eigenvalue weighted by Gasteiger charge is 2.24. The van der Waals surface area contributed by atoms with Crippen LogP contribution in [0.15, 0.2) is 60.2 Å². The molecule has 0 unspecified atom stereocenters. The summed E-state index contributed by atoms with van der Waals surface area (Å²) in [4.78, 5) is 24.6. The zero-order chi connectivity index (χ0) is 25.6. The largest absolute Gasteiger partial charge is 0.497 e. The first kappa shape index (κ1) is 27.7. The zero-order valence-corrected chi connectivity index (χ0v) is 20.8. The van der Waals surface area contributed by atoms with E-state index >= 15 is 0 Å². The number of methoxy groups -OCH3 is 1. The SMILES string of the molecule is CCOC(=O)/C(C)=C/CC[C@H](C)[C@@H](OC(=O)Nc1ccc(OC)cc1)c1ccc(OCCO)cc1. The van der Waals surface area contributed by atoms with E-state index in [2.05, 4.69) is 5.32 Å². The summed E-state index contributed by atoms with van der Waals surface area (Å²) in [7, 11) is 1.58. The van der Waals surface area contributed by atoms with Crippen molar-refractivity contribution in [3.63, 3.8) is 0 Å². The molecule has 0 saturated carbocycles. The monoisotopic (exact) mass is 485 g/mol. The highest BCUT2D eigenvalue weighted by molar-refractivity contribution is 5.87. The van der Waals surface area contributed by atoms with Gasteiger partial charge in [0.25, 0.3) is 0 Å². The lowest BCUT2D eigenvalue weighted by Gasteiger charge is -2.25. The molecule has 2 N–H and O–H groups in total. The van der Waals surface area contributed by atoms with Gasteiger partial charge in [0.1, 0.15) is 24.2 Å². The van der Waals surface area contributed by atoms with E-state index in [0.29, 0.717) is 42.2 Å². The summed E-state index contributed by atoms with van der Waals surface area (Å²) in [5.74, 6) is 0.923. The second-order valence-electron chi connectivity index (χ2n) is 7.98. The smallest absolute Gasteiger partial charge is 0.412 e. The number of aliphatic hydroxyl groups is 1. The molecule has 0 heterocycles. The van der Waals surface area contributed by atoms with Crippen molar-refractivity contribution >= 4 is 17.7 Å². The van der Waals surface area contributed by atoms with E-state index in [-0.39, 0.29) is 25.1 Å². The lowest BCUT2D eigenvalue weighted by atomic mass is 9.92. The lowest BCUT2D eigenvalue weighted by molar-refractivity contribution is -0.138. The Labute approximate surface area is 206 Å².